The number of nitrogens with one attached hydrogen (secondary N) is 2. The van der Waals surface area contributed by atoms with Gasteiger partial charge in [0.2, 0.25) is 0 Å². The van der Waals surface area contributed by atoms with E-state index in [1.165, 1.54) is 60.2 Å². The van der Waals surface area contributed by atoms with Crippen LogP contribution in [0, 0.1) is 25.0 Å². The number of fused-ring (bicyclic) bond motifs is 1. The van der Waals surface area contributed by atoms with E-state index in [0.29, 0.717) is 11.0 Å². The summed E-state index contributed by atoms with van der Waals surface area (Å²) in [6.07, 6.45) is 1.19. The number of nitrogens with zero attached hydrogens (tertiary/aromatic N) is 3. The van der Waals surface area contributed by atoms with Gasteiger partial charge in [-0.15, -0.1) is 0 Å². The molecule has 152 valence electrons. The summed E-state index contributed by atoms with van der Waals surface area (Å²) in [5.41, 5.74) is 0.449. The topological polar surface area (TPSA) is 153 Å². The highest BCUT2D eigenvalue weighted by Gasteiger charge is 2.18. The molecule has 0 aliphatic rings. The summed E-state index contributed by atoms with van der Waals surface area (Å²) in [6, 6.07) is 9.11. The Kier molecular flexibility index (Phi) is 5.51. The van der Waals surface area contributed by atoms with Gasteiger partial charge >= 0.3 is 0 Å². The van der Waals surface area contributed by atoms with Crippen LogP contribution < -0.4 is 5.32 Å². The second kappa shape index (κ2) is 8.05. The molecule has 1 amide bonds. The molecule has 0 aliphatic heterocycles. The third-order valence-corrected chi connectivity index (χ3v) is 4.43. The Morgan fingerprint density at radius 3 is 2.23 bits per heavy atom. The van der Waals surface area contributed by atoms with Crippen molar-refractivity contribution in [3.63, 3.8) is 0 Å². The summed E-state index contributed by atoms with van der Waals surface area (Å²) >= 11 is 5.21. The highest BCUT2D eigenvalue weighted by molar-refractivity contribution is 7.71. The van der Waals surface area contributed by atoms with Gasteiger partial charge in [-0.05, 0) is 37.3 Å². The Labute approximate surface area is 172 Å². The summed E-state index contributed by atoms with van der Waals surface area (Å²) in [6.45, 7) is 1.18. The van der Waals surface area contributed by atoms with Gasteiger partial charge in [-0.3, -0.25) is 34.4 Å². The van der Waals surface area contributed by atoms with Crippen molar-refractivity contribution in [2.75, 3.05) is 5.32 Å². The fraction of sp³-hybridized carbons (Fsp3) is 0.0556. The van der Waals surface area contributed by atoms with E-state index in [0.717, 1.165) is 0 Å². The highest BCUT2D eigenvalue weighted by Crippen LogP contribution is 2.22. The van der Waals surface area contributed by atoms with E-state index in [2.05, 4.69) is 10.3 Å². The van der Waals surface area contributed by atoms with Crippen LogP contribution in [0.2, 0.25) is 0 Å². The van der Waals surface area contributed by atoms with Gasteiger partial charge < -0.3 is 10.3 Å². The fourth-order valence-electron chi connectivity index (χ4n) is 2.66. The number of hydrogen-bond acceptors (Lipinski definition) is 7. The third-order valence-electron chi connectivity index (χ3n) is 4.13. The molecule has 0 spiro atoms. The molecule has 3 aromatic rings. The average molecular weight is 427 g/mol. The first-order valence-corrected chi connectivity index (χ1v) is 8.75. The molecule has 2 N–H and O–H groups in total. The summed E-state index contributed by atoms with van der Waals surface area (Å²) in [7, 11) is 0. The minimum absolute atomic E-state index is 0.132. The zero-order valence-corrected chi connectivity index (χ0v) is 16.1. The van der Waals surface area contributed by atoms with Gasteiger partial charge in [0.05, 0.1) is 26.5 Å². The van der Waals surface area contributed by atoms with Crippen LogP contribution in [0.5, 0.6) is 0 Å². The number of anilines is 1. The number of aromatic nitrogens is 2. The van der Waals surface area contributed by atoms with Gasteiger partial charge in [-0.1, -0.05) is 0 Å². The molecule has 0 aliphatic carbocycles. The molecule has 0 atom stereocenters. The molecular formula is C18H13N5O6S. The Hall–Kier alpha value is -4.19. The van der Waals surface area contributed by atoms with Crippen LogP contribution in [0.4, 0.5) is 17.1 Å². The summed E-state index contributed by atoms with van der Waals surface area (Å²) in [5.74, 6) is -1.34. The van der Waals surface area contributed by atoms with E-state index in [4.69, 9.17) is 12.2 Å². The number of amides is 1. The molecule has 12 heteroatoms. The first-order chi connectivity index (χ1) is 14.2. The molecule has 1 aromatic heterocycles. The molecule has 0 fully saturated rings. The molecule has 1 heterocycles. The maximum atomic E-state index is 12.6. The van der Waals surface area contributed by atoms with Crippen LogP contribution >= 0.6 is 12.2 Å². The first kappa shape index (κ1) is 20.5. The Morgan fingerprint density at radius 1 is 1.07 bits per heavy atom. The lowest BCUT2D eigenvalue weighted by Gasteiger charge is -2.07. The molecule has 0 bridgehead atoms. The van der Waals surface area contributed by atoms with Crippen LogP contribution in [-0.2, 0) is 9.59 Å². The van der Waals surface area contributed by atoms with Crippen LogP contribution in [0.3, 0.4) is 0 Å². The SMILES string of the molecule is CC(=O)C(=Cn1c(=S)[nH]c2ccc([N+](=O)[O-])cc21)C(=O)Nc1ccc([N+](=O)[O-])cc1. The zero-order valence-electron chi connectivity index (χ0n) is 15.3. The molecule has 2 aromatic carbocycles. The van der Waals surface area contributed by atoms with Gasteiger partial charge in [-0.25, -0.2) is 0 Å². The van der Waals surface area contributed by atoms with E-state index in [9.17, 15) is 29.8 Å². The third kappa shape index (κ3) is 4.12. The summed E-state index contributed by atoms with van der Waals surface area (Å²) in [5, 5.41) is 24.3. The van der Waals surface area contributed by atoms with Crippen molar-refractivity contribution in [2.24, 2.45) is 0 Å². The quantitative estimate of drug-likeness (QED) is 0.152. The number of rotatable bonds is 6. The lowest BCUT2D eigenvalue weighted by atomic mass is 10.1. The number of hydrogen-bond donors (Lipinski definition) is 2. The van der Waals surface area contributed by atoms with Crippen molar-refractivity contribution in [1.29, 1.82) is 0 Å². The number of Topliss-reactive ketones (excluding diaryl/α,β-unsaturated/α-hetero) is 1. The van der Waals surface area contributed by atoms with Crippen molar-refractivity contribution in [3.8, 4) is 0 Å². The minimum atomic E-state index is -0.766. The summed E-state index contributed by atoms with van der Waals surface area (Å²) in [4.78, 5) is 48.2. The lowest BCUT2D eigenvalue weighted by Crippen LogP contribution is -2.19. The predicted octanol–water partition coefficient (Wildman–Crippen LogP) is 3.58. The minimum Gasteiger partial charge on any atom is -0.330 e. The van der Waals surface area contributed by atoms with Crippen molar-refractivity contribution >= 4 is 58.2 Å². The molecule has 0 saturated carbocycles. The van der Waals surface area contributed by atoms with Crippen LogP contribution in [0.15, 0.2) is 48.0 Å². The predicted molar refractivity (Wildman–Crippen MR) is 110 cm³/mol. The van der Waals surface area contributed by atoms with Crippen molar-refractivity contribution in [2.45, 2.75) is 6.92 Å². The number of H-pyrrole nitrogens is 1. The standard InChI is InChI=1S/C18H13N5O6S/c1-10(24)14(17(25)19-11-2-4-12(5-3-11)22(26)27)9-21-16-8-13(23(28)29)6-7-15(16)20-18(21)30/h2-9H,1H3,(H,19,25)(H,20,30). The second-order valence-electron chi connectivity index (χ2n) is 6.12. The number of nitro benzene ring substituents is 2. The Bertz CT molecular complexity index is 1290. The van der Waals surface area contributed by atoms with Gasteiger partial charge in [0.25, 0.3) is 17.3 Å². The number of non-ortho nitro benzene ring substituents is 2. The first-order valence-electron chi connectivity index (χ1n) is 8.34. The molecule has 30 heavy (non-hydrogen) atoms. The zero-order chi connectivity index (χ0) is 22.0. The smallest absolute Gasteiger partial charge is 0.271 e. The maximum absolute atomic E-state index is 12.6. The number of ketones is 1. The highest BCUT2D eigenvalue weighted by atomic mass is 32.1. The molecule has 0 saturated heterocycles. The normalized spacial score (nSPS) is 11.3. The average Bonchev–Trinajstić information content (AvgIpc) is 3.00. The van der Waals surface area contributed by atoms with Crippen LogP contribution in [0.1, 0.15) is 6.92 Å². The van der Waals surface area contributed by atoms with E-state index in [1.54, 1.807) is 0 Å². The fourth-order valence-corrected chi connectivity index (χ4v) is 2.92. The largest absolute Gasteiger partial charge is 0.330 e. The van der Waals surface area contributed by atoms with Crippen molar-refractivity contribution in [3.05, 3.63) is 73.0 Å². The number of nitro groups is 2. The van der Waals surface area contributed by atoms with E-state index in [1.807, 2.05) is 0 Å². The van der Waals surface area contributed by atoms with Gasteiger partial charge in [0, 0.05) is 36.2 Å². The molecular weight excluding hydrogens is 414 g/mol. The molecule has 3 rings (SSSR count). The van der Waals surface area contributed by atoms with Gasteiger partial charge in [-0.2, -0.15) is 0 Å². The number of carbonyl (C=O) groups excluding carboxylic acids is 2. The molecule has 0 radical (unpaired) electrons. The number of imidazole rings is 1. The Morgan fingerprint density at radius 2 is 1.67 bits per heavy atom. The molecule has 0 unspecified atom stereocenters. The number of carbonyl (C=O) groups is 2. The van der Waals surface area contributed by atoms with Crippen molar-refractivity contribution < 1.29 is 19.4 Å². The monoisotopic (exact) mass is 427 g/mol. The maximum Gasteiger partial charge on any atom is 0.271 e. The lowest BCUT2D eigenvalue weighted by molar-refractivity contribution is -0.385. The number of benzene rings is 2. The van der Waals surface area contributed by atoms with Gasteiger partial charge in [0.15, 0.2) is 10.6 Å². The van der Waals surface area contributed by atoms with Crippen LogP contribution in [0.25, 0.3) is 17.2 Å². The van der Waals surface area contributed by atoms with Gasteiger partial charge in [0.1, 0.15) is 0 Å². The van der Waals surface area contributed by atoms with E-state index in [-0.39, 0.29) is 27.4 Å². The van der Waals surface area contributed by atoms with Crippen LogP contribution in [-0.4, -0.2) is 31.1 Å². The van der Waals surface area contributed by atoms with E-state index >= 15 is 0 Å². The summed E-state index contributed by atoms with van der Waals surface area (Å²) < 4.78 is 1.43. The second-order valence-corrected chi connectivity index (χ2v) is 6.50. The molecule has 11 nitrogen and oxygen atoms in total. The van der Waals surface area contributed by atoms with E-state index < -0.39 is 21.5 Å². The number of aromatic amines is 1. The Balaban J connectivity index is 2.01. The van der Waals surface area contributed by atoms with Crippen molar-refractivity contribution in [1.82, 2.24) is 9.55 Å².